The molecule has 0 aromatic heterocycles. The van der Waals surface area contributed by atoms with Crippen LogP contribution in [0.5, 0.6) is 0 Å². The normalized spacial score (nSPS) is 25.3. The number of ether oxygens (including phenoxy) is 1. The van der Waals surface area contributed by atoms with Crippen LogP contribution >= 0.6 is 0 Å². The minimum atomic E-state index is -0.109. The first-order chi connectivity index (χ1) is 9.19. The van der Waals surface area contributed by atoms with Gasteiger partial charge in [0.15, 0.2) is 0 Å². The number of nitrogens with zero attached hydrogens (tertiary/aromatic N) is 1. The smallest absolute Gasteiger partial charge is 0.323 e. The van der Waals surface area contributed by atoms with Crippen molar-refractivity contribution in [2.75, 3.05) is 19.7 Å². The molecule has 4 nitrogen and oxygen atoms in total. The van der Waals surface area contributed by atoms with Crippen LogP contribution in [0.3, 0.4) is 0 Å². The molecule has 3 unspecified atom stereocenters. The third kappa shape index (κ3) is 4.18. The highest BCUT2D eigenvalue weighted by molar-refractivity contribution is 5.75. The Bertz CT molecular complexity index is 271. The summed E-state index contributed by atoms with van der Waals surface area (Å²) in [5, 5.41) is 0. The van der Waals surface area contributed by atoms with E-state index in [9.17, 15) is 4.79 Å². The second-order valence-corrected chi connectivity index (χ2v) is 5.35. The van der Waals surface area contributed by atoms with Crippen LogP contribution in [0.1, 0.15) is 52.9 Å². The molecule has 0 amide bonds. The van der Waals surface area contributed by atoms with E-state index >= 15 is 0 Å². The van der Waals surface area contributed by atoms with Gasteiger partial charge in [-0.1, -0.05) is 26.7 Å². The Morgan fingerprint density at radius 3 is 2.53 bits per heavy atom. The molecular weight excluding hydrogens is 240 g/mol. The number of esters is 1. The van der Waals surface area contributed by atoms with Crippen LogP contribution in [0.2, 0.25) is 0 Å². The standard InChI is InChI=1S/C15H30N2O2/c1-4-13(15(18)19-6-3)17(5-2)14-10-8-7-9-12(14)11-16/h12-14H,4-11,16H2,1-3H3. The predicted octanol–water partition coefficient (Wildman–Crippen LogP) is 2.17. The molecule has 4 heteroatoms. The number of hydrogen-bond acceptors (Lipinski definition) is 4. The SMILES string of the molecule is CCOC(=O)C(CC)N(CC)C1CCCCC1CN. The van der Waals surface area contributed by atoms with Gasteiger partial charge in [0.05, 0.1) is 6.61 Å². The van der Waals surface area contributed by atoms with Gasteiger partial charge >= 0.3 is 5.97 Å². The van der Waals surface area contributed by atoms with Gasteiger partial charge in [-0.25, -0.2) is 0 Å². The molecule has 112 valence electrons. The summed E-state index contributed by atoms with van der Waals surface area (Å²) in [7, 11) is 0. The summed E-state index contributed by atoms with van der Waals surface area (Å²) in [6.07, 6.45) is 5.67. The number of carbonyl (C=O) groups excluding carboxylic acids is 1. The van der Waals surface area contributed by atoms with Crippen LogP contribution in [0.25, 0.3) is 0 Å². The van der Waals surface area contributed by atoms with E-state index in [0.717, 1.165) is 25.9 Å². The average Bonchev–Trinajstić information content (AvgIpc) is 2.44. The molecule has 0 aliphatic heterocycles. The summed E-state index contributed by atoms with van der Waals surface area (Å²) in [5.41, 5.74) is 5.92. The van der Waals surface area contributed by atoms with Crippen LogP contribution in [-0.4, -0.2) is 42.6 Å². The summed E-state index contributed by atoms with van der Waals surface area (Å²) in [6.45, 7) is 8.12. The largest absolute Gasteiger partial charge is 0.465 e. The first-order valence-corrected chi connectivity index (χ1v) is 7.81. The Kier molecular flexibility index (Phi) is 7.39. The molecule has 3 atom stereocenters. The molecule has 0 heterocycles. The summed E-state index contributed by atoms with van der Waals surface area (Å²) in [5.74, 6) is 0.449. The minimum Gasteiger partial charge on any atom is -0.465 e. The number of carbonyl (C=O) groups is 1. The lowest BCUT2D eigenvalue weighted by Crippen LogP contribution is -2.52. The molecule has 1 rings (SSSR count). The lowest BCUT2D eigenvalue weighted by atomic mass is 9.82. The van der Waals surface area contributed by atoms with Crippen LogP contribution in [0.15, 0.2) is 0 Å². The van der Waals surface area contributed by atoms with Crippen LogP contribution < -0.4 is 5.73 Å². The highest BCUT2D eigenvalue weighted by Crippen LogP contribution is 2.29. The Hall–Kier alpha value is -0.610. The molecule has 1 fully saturated rings. The van der Waals surface area contributed by atoms with Crippen molar-refractivity contribution in [2.45, 2.75) is 65.0 Å². The quantitative estimate of drug-likeness (QED) is 0.720. The van der Waals surface area contributed by atoms with Gasteiger partial charge < -0.3 is 10.5 Å². The van der Waals surface area contributed by atoms with Gasteiger partial charge in [-0.2, -0.15) is 0 Å². The Morgan fingerprint density at radius 1 is 1.32 bits per heavy atom. The van der Waals surface area contributed by atoms with Gasteiger partial charge in [-0.15, -0.1) is 0 Å². The summed E-state index contributed by atoms with van der Waals surface area (Å²) in [4.78, 5) is 14.4. The van der Waals surface area contributed by atoms with E-state index in [1.165, 1.54) is 19.3 Å². The second kappa shape index (κ2) is 8.54. The maximum Gasteiger partial charge on any atom is 0.323 e. The van der Waals surface area contributed by atoms with Crippen molar-refractivity contribution in [3.05, 3.63) is 0 Å². The number of nitrogens with two attached hydrogens (primary N) is 1. The fourth-order valence-corrected chi connectivity index (χ4v) is 3.36. The lowest BCUT2D eigenvalue weighted by Gasteiger charge is -2.42. The topological polar surface area (TPSA) is 55.6 Å². The lowest BCUT2D eigenvalue weighted by molar-refractivity contribution is -0.151. The third-order valence-electron chi connectivity index (χ3n) is 4.31. The molecule has 0 radical (unpaired) electrons. The maximum atomic E-state index is 12.1. The third-order valence-corrected chi connectivity index (χ3v) is 4.31. The van der Waals surface area contributed by atoms with Gasteiger partial charge in [0, 0.05) is 6.04 Å². The Labute approximate surface area is 117 Å². The Balaban J connectivity index is 2.80. The molecule has 2 N–H and O–H groups in total. The van der Waals surface area contributed by atoms with Crippen LogP contribution in [0, 0.1) is 5.92 Å². The molecule has 0 spiro atoms. The van der Waals surface area contributed by atoms with E-state index in [1.54, 1.807) is 0 Å². The maximum absolute atomic E-state index is 12.1. The van der Waals surface area contributed by atoms with Gasteiger partial charge in [0.2, 0.25) is 0 Å². The zero-order valence-electron chi connectivity index (χ0n) is 12.7. The highest BCUT2D eigenvalue weighted by atomic mass is 16.5. The van der Waals surface area contributed by atoms with E-state index in [1.807, 2.05) is 6.92 Å². The minimum absolute atomic E-state index is 0.0757. The second-order valence-electron chi connectivity index (χ2n) is 5.35. The first-order valence-electron chi connectivity index (χ1n) is 7.81. The van der Waals surface area contributed by atoms with Crippen molar-refractivity contribution >= 4 is 5.97 Å². The Morgan fingerprint density at radius 2 is 2.00 bits per heavy atom. The average molecular weight is 270 g/mol. The molecule has 0 saturated heterocycles. The summed E-state index contributed by atoms with van der Waals surface area (Å²) >= 11 is 0. The van der Waals surface area contributed by atoms with Gasteiger partial charge in [0.25, 0.3) is 0 Å². The number of hydrogen-bond donors (Lipinski definition) is 1. The molecule has 19 heavy (non-hydrogen) atoms. The first kappa shape index (κ1) is 16.4. The molecule has 0 aromatic rings. The number of rotatable bonds is 7. The molecule has 1 aliphatic carbocycles. The molecular formula is C15H30N2O2. The zero-order chi connectivity index (χ0) is 14.3. The predicted molar refractivity (Wildman–Crippen MR) is 77.9 cm³/mol. The van der Waals surface area contributed by atoms with Crippen molar-refractivity contribution in [2.24, 2.45) is 11.7 Å². The zero-order valence-corrected chi connectivity index (χ0v) is 12.7. The van der Waals surface area contributed by atoms with E-state index in [-0.39, 0.29) is 12.0 Å². The highest BCUT2D eigenvalue weighted by Gasteiger charge is 2.35. The van der Waals surface area contributed by atoms with Crippen LogP contribution in [0.4, 0.5) is 0 Å². The van der Waals surface area contributed by atoms with Gasteiger partial charge in [0.1, 0.15) is 6.04 Å². The number of likely N-dealkylation sites (N-methyl/N-ethyl adjacent to an activating group) is 1. The summed E-state index contributed by atoms with van der Waals surface area (Å²) in [6, 6.07) is 0.334. The molecule has 0 bridgehead atoms. The van der Waals surface area contributed by atoms with Crippen LogP contribution in [-0.2, 0) is 9.53 Å². The van der Waals surface area contributed by atoms with Crippen molar-refractivity contribution in [3.63, 3.8) is 0 Å². The van der Waals surface area contributed by atoms with E-state index < -0.39 is 0 Å². The van der Waals surface area contributed by atoms with Crippen molar-refractivity contribution in [1.82, 2.24) is 4.90 Å². The summed E-state index contributed by atoms with van der Waals surface area (Å²) < 4.78 is 5.23. The molecule has 1 saturated carbocycles. The van der Waals surface area contributed by atoms with Crippen molar-refractivity contribution < 1.29 is 9.53 Å². The molecule has 1 aliphatic rings. The monoisotopic (exact) mass is 270 g/mol. The fourth-order valence-electron chi connectivity index (χ4n) is 3.36. The van der Waals surface area contributed by atoms with E-state index in [2.05, 4.69) is 18.7 Å². The van der Waals surface area contributed by atoms with Gasteiger partial charge in [-0.05, 0) is 45.2 Å². The van der Waals surface area contributed by atoms with Crippen molar-refractivity contribution in [1.29, 1.82) is 0 Å². The van der Waals surface area contributed by atoms with Gasteiger partial charge in [-0.3, -0.25) is 9.69 Å². The van der Waals surface area contributed by atoms with Crippen molar-refractivity contribution in [3.8, 4) is 0 Å². The van der Waals surface area contributed by atoms with E-state index in [0.29, 0.717) is 18.6 Å². The fraction of sp³-hybridized carbons (Fsp3) is 0.933. The van der Waals surface area contributed by atoms with E-state index in [4.69, 9.17) is 10.5 Å². The molecule has 0 aromatic carbocycles.